The molecule has 78 valence electrons. The van der Waals surface area contributed by atoms with Gasteiger partial charge in [0.05, 0.1) is 18.0 Å². The van der Waals surface area contributed by atoms with Gasteiger partial charge in [-0.15, -0.1) is 0 Å². The highest BCUT2D eigenvalue weighted by Gasteiger charge is 2.27. The van der Waals surface area contributed by atoms with Gasteiger partial charge in [-0.2, -0.15) is 5.26 Å². The summed E-state index contributed by atoms with van der Waals surface area (Å²) in [5.41, 5.74) is 0. The first-order chi connectivity index (χ1) is 6.69. The molecule has 0 amide bonds. The summed E-state index contributed by atoms with van der Waals surface area (Å²) in [4.78, 5) is 12.8. The van der Waals surface area contributed by atoms with Crippen molar-refractivity contribution in [2.75, 3.05) is 13.1 Å². The van der Waals surface area contributed by atoms with Crippen LogP contribution in [-0.4, -0.2) is 35.1 Å². The molecule has 0 aromatic carbocycles. The Kier molecular flexibility index (Phi) is 3.90. The van der Waals surface area contributed by atoms with Gasteiger partial charge in [-0.25, -0.2) is 0 Å². The number of nitrogens with zero attached hydrogens (tertiary/aromatic N) is 2. The number of piperidine rings is 1. The van der Waals surface area contributed by atoms with Gasteiger partial charge in [0, 0.05) is 13.1 Å². The van der Waals surface area contributed by atoms with Crippen molar-refractivity contribution in [2.45, 2.75) is 32.2 Å². The SMILES string of the molecule is CCC(C#N)N1CCC(C(=O)O)CC1. The Morgan fingerprint density at radius 2 is 2.21 bits per heavy atom. The standard InChI is InChI=1S/C10H16N2O2/c1-2-9(7-11)12-5-3-8(4-6-12)10(13)14/h8-9H,2-6H2,1H3,(H,13,14). The largest absolute Gasteiger partial charge is 0.481 e. The fourth-order valence-electron chi connectivity index (χ4n) is 1.89. The number of nitriles is 1. The van der Waals surface area contributed by atoms with Crippen molar-refractivity contribution in [1.29, 1.82) is 5.26 Å². The van der Waals surface area contributed by atoms with Gasteiger partial charge in [0.2, 0.25) is 0 Å². The van der Waals surface area contributed by atoms with Crippen LogP contribution in [0.2, 0.25) is 0 Å². The monoisotopic (exact) mass is 196 g/mol. The molecule has 0 spiro atoms. The molecule has 1 aliphatic rings. The van der Waals surface area contributed by atoms with Crippen molar-refractivity contribution in [2.24, 2.45) is 5.92 Å². The lowest BCUT2D eigenvalue weighted by molar-refractivity contribution is -0.143. The lowest BCUT2D eigenvalue weighted by atomic mass is 9.96. The lowest BCUT2D eigenvalue weighted by Gasteiger charge is -2.32. The van der Waals surface area contributed by atoms with Crippen molar-refractivity contribution < 1.29 is 9.90 Å². The molecule has 0 radical (unpaired) electrons. The zero-order valence-electron chi connectivity index (χ0n) is 8.44. The molecule has 14 heavy (non-hydrogen) atoms. The van der Waals surface area contributed by atoms with Crippen molar-refractivity contribution in [1.82, 2.24) is 4.90 Å². The Morgan fingerprint density at radius 3 is 2.57 bits per heavy atom. The van der Waals surface area contributed by atoms with Crippen LogP contribution in [0.15, 0.2) is 0 Å². The van der Waals surface area contributed by atoms with Crippen molar-refractivity contribution >= 4 is 5.97 Å². The van der Waals surface area contributed by atoms with Gasteiger partial charge in [-0.05, 0) is 19.3 Å². The second kappa shape index (κ2) is 4.97. The second-order valence-electron chi connectivity index (χ2n) is 3.70. The van der Waals surface area contributed by atoms with Crippen LogP contribution in [0.25, 0.3) is 0 Å². The van der Waals surface area contributed by atoms with E-state index in [1.165, 1.54) is 0 Å². The summed E-state index contributed by atoms with van der Waals surface area (Å²) in [6.07, 6.45) is 2.16. The first kappa shape index (κ1) is 11.0. The van der Waals surface area contributed by atoms with Crippen molar-refractivity contribution in [3.8, 4) is 6.07 Å². The summed E-state index contributed by atoms with van der Waals surface area (Å²) < 4.78 is 0. The van der Waals surface area contributed by atoms with Crippen LogP contribution in [-0.2, 0) is 4.79 Å². The Balaban J connectivity index is 2.43. The third-order valence-electron chi connectivity index (χ3n) is 2.86. The van der Waals surface area contributed by atoms with E-state index in [-0.39, 0.29) is 12.0 Å². The maximum absolute atomic E-state index is 10.7. The summed E-state index contributed by atoms with van der Waals surface area (Å²) in [5, 5.41) is 17.6. The molecule has 0 aliphatic carbocycles. The van der Waals surface area contributed by atoms with E-state index in [0.717, 1.165) is 19.5 Å². The van der Waals surface area contributed by atoms with Gasteiger partial charge in [0.15, 0.2) is 0 Å². The van der Waals surface area contributed by atoms with Crippen LogP contribution in [0.5, 0.6) is 0 Å². The van der Waals surface area contributed by atoms with Crippen LogP contribution in [0.4, 0.5) is 0 Å². The molecule has 1 N–H and O–H groups in total. The highest BCUT2D eigenvalue weighted by molar-refractivity contribution is 5.70. The van der Waals surface area contributed by atoms with Crippen molar-refractivity contribution in [3.63, 3.8) is 0 Å². The minimum atomic E-state index is -0.699. The van der Waals surface area contributed by atoms with E-state index in [9.17, 15) is 4.79 Å². The maximum Gasteiger partial charge on any atom is 0.306 e. The Hall–Kier alpha value is -1.08. The topological polar surface area (TPSA) is 64.3 Å². The van der Waals surface area contributed by atoms with E-state index < -0.39 is 5.97 Å². The van der Waals surface area contributed by atoms with Gasteiger partial charge >= 0.3 is 5.97 Å². The summed E-state index contributed by atoms with van der Waals surface area (Å²) in [6.45, 7) is 3.46. The number of carboxylic acid groups (broad SMARTS) is 1. The minimum Gasteiger partial charge on any atom is -0.481 e. The quantitative estimate of drug-likeness (QED) is 0.733. The third kappa shape index (κ3) is 2.46. The molecule has 1 atom stereocenters. The number of carboxylic acids is 1. The molecule has 0 saturated carbocycles. The fraction of sp³-hybridized carbons (Fsp3) is 0.800. The summed E-state index contributed by atoms with van der Waals surface area (Å²) >= 11 is 0. The van der Waals surface area contributed by atoms with E-state index >= 15 is 0 Å². The van der Waals surface area contributed by atoms with Crippen molar-refractivity contribution in [3.05, 3.63) is 0 Å². The van der Waals surface area contributed by atoms with Gasteiger partial charge in [-0.1, -0.05) is 6.92 Å². The van der Waals surface area contributed by atoms with Crippen LogP contribution in [0, 0.1) is 17.2 Å². The lowest BCUT2D eigenvalue weighted by Crippen LogP contribution is -2.41. The smallest absolute Gasteiger partial charge is 0.306 e. The average molecular weight is 196 g/mol. The van der Waals surface area contributed by atoms with Gasteiger partial charge in [-0.3, -0.25) is 9.69 Å². The molecule has 0 aromatic heterocycles. The van der Waals surface area contributed by atoms with Crippen LogP contribution in [0.1, 0.15) is 26.2 Å². The Labute approximate surface area is 84.1 Å². The zero-order valence-corrected chi connectivity index (χ0v) is 8.44. The predicted octanol–water partition coefficient (Wildman–Crippen LogP) is 1.09. The van der Waals surface area contributed by atoms with Crippen LogP contribution < -0.4 is 0 Å². The third-order valence-corrected chi connectivity index (χ3v) is 2.86. The highest BCUT2D eigenvalue weighted by Crippen LogP contribution is 2.19. The maximum atomic E-state index is 10.7. The molecule has 1 aliphatic heterocycles. The molecule has 1 rings (SSSR count). The highest BCUT2D eigenvalue weighted by atomic mass is 16.4. The second-order valence-corrected chi connectivity index (χ2v) is 3.70. The number of aliphatic carboxylic acids is 1. The summed E-state index contributed by atoms with van der Waals surface area (Å²) in [6, 6.07) is 2.21. The van der Waals surface area contributed by atoms with Gasteiger partial charge in [0.1, 0.15) is 0 Å². The molecule has 1 fully saturated rings. The number of rotatable bonds is 3. The predicted molar refractivity (Wildman–Crippen MR) is 51.6 cm³/mol. The number of hydrogen-bond donors (Lipinski definition) is 1. The molecule has 4 heteroatoms. The first-order valence-electron chi connectivity index (χ1n) is 5.05. The normalized spacial score (nSPS) is 21.4. The number of likely N-dealkylation sites (tertiary alicyclic amines) is 1. The van der Waals surface area contributed by atoms with E-state index in [1.54, 1.807) is 0 Å². The molecule has 1 saturated heterocycles. The van der Waals surface area contributed by atoms with E-state index in [4.69, 9.17) is 10.4 Å². The molecule has 4 nitrogen and oxygen atoms in total. The zero-order chi connectivity index (χ0) is 10.6. The molecular weight excluding hydrogens is 180 g/mol. The molecule has 1 heterocycles. The molecule has 1 unspecified atom stereocenters. The van der Waals surface area contributed by atoms with Gasteiger partial charge < -0.3 is 5.11 Å². The number of hydrogen-bond acceptors (Lipinski definition) is 3. The Bertz CT molecular complexity index is 239. The summed E-state index contributed by atoms with van der Waals surface area (Å²) in [5.74, 6) is -0.905. The summed E-state index contributed by atoms with van der Waals surface area (Å²) in [7, 11) is 0. The molecule has 0 bridgehead atoms. The average Bonchev–Trinajstić information content (AvgIpc) is 2.20. The minimum absolute atomic E-state index is 0.0373. The van der Waals surface area contributed by atoms with E-state index in [0.29, 0.717) is 12.8 Å². The van der Waals surface area contributed by atoms with E-state index in [2.05, 4.69) is 11.0 Å². The van der Waals surface area contributed by atoms with E-state index in [1.807, 2.05) is 6.92 Å². The van der Waals surface area contributed by atoms with Crippen LogP contribution in [0.3, 0.4) is 0 Å². The van der Waals surface area contributed by atoms with Crippen LogP contribution >= 0.6 is 0 Å². The van der Waals surface area contributed by atoms with Gasteiger partial charge in [0.25, 0.3) is 0 Å². The molecular formula is C10H16N2O2. The Morgan fingerprint density at radius 1 is 1.64 bits per heavy atom. The fourth-order valence-corrected chi connectivity index (χ4v) is 1.89. The molecule has 0 aromatic rings. The first-order valence-corrected chi connectivity index (χ1v) is 5.05. The number of carbonyl (C=O) groups is 1.